The molecule has 0 aromatic carbocycles. The molecule has 3 nitrogen and oxygen atoms in total. The van der Waals surface area contributed by atoms with Gasteiger partial charge in [-0.2, -0.15) is 0 Å². The Hall–Kier alpha value is -0.120. The number of methoxy groups -OCH3 is 1. The molecule has 0 aliphatic carbocycles. The van der Waals surface area contributed by atoms with Crippen molar-refractivity contribution >= 4 is 0 Å². The van der Waals surface area contributed by atoms with Crippen LogP contribution in [0.25, 0.3) is 0 Å². The highest BCUT2D eigenvalue weighted by molar-refractivity contribution is 4.69. The molecule has 0 spiro atoms. The van der Waals surface area contributed by atoms with E-state index in [1.807, 2.05) is 0 Å². The van der Waals surface area contributed by atoms with Crippen molar-refractivity contribution in [3.05, 3.63) is 0 Å². The van der Waals surface area contributed by atoms with Gasteiger partial charge in [0.2, 0.25) is 0 Å². The first kappa shape index (κ1) is 14.9. The van der Waals surface area contributed by atoms with Gasteiger partial charge in [0.1, 0.15) is 0 Å². The lowest BCUT2D eigenvalue weighted by Crippen LogP contribution is -2.35. The Balaban J connectivity index is 3.33. The Kier molecular flexibility index (Phi) is 10.3. The van der Waals surface area contributed by atoms with Crippen molar-refractivity contribution in [3.63, 3.8) is 0 Å². The number of hydrogen-bond acceptors (Lipinski definition) is 3. The second-order valence-corrected chi connectivity index (χ2v) is 3.92. The van der Waals surface area contributed by atoms with Crippen LogP contribution in [0, 0.1) is 5.92 Å². The van der Waals surface area contributed by atoms with Crippen LogP contribution in [-0.4, -0.2) is 39.5 Å². The van der Waals surface area contributed by atoms with Crippen LogP contribution in [0.2, 0.25) is 0 Å². The van der Waals surface area contributed by atoms with Crippen molar-refractivity contribution in [2.75, 3.05) is 33.5 Å². The van der Waals surface area contributed by atoms with Gasteiger partial charge < -0.3 is 14.8 Å². The summed E-state index contributed by atoms with van der Waals surface area (Å²) in [7, 11) is 1.69. The Labute approximate surface area is 94.5 Å². The first-order valence-electron chi connectivity index (χ1n) is 6.06. The molecule has 0 aromatic heterocycles. The van der Waals surface area contributed by atoms with Crippen molar-refractivity contribution in [2.24, 2.45) is 5.92 Å². The van der Waals surface area contributed by atoms with E-state index in [2.05, 4.69) is 26.1 Å². The summed E-state index contributed by atoms with van der Waals surface area (Å²) < 4.78 is 10.3. The van der Waals surface area contributed by atoms with E-state index in [1.54, 1.807) is 7.11 Å². The molecular formula is C12H27NO2. The van der Waals surface area contributed by atoms with Gasteiger partial charge in [0.25, 0.3) is 0 Å². The molecule has 1 unspecified atom stereocenters. The number of ether oxygens (including phenoxy) is 2. The Morgan fingerprint density at radius 3 is 2.27 bits per heavy atom. The smallest absolute Gasteiger partial charge is 0.0700 e. The highest BCUT2D eigenvalue weighted by atomic mass is 16.5. The summed E-state index contributed by atoms with van der Waals surface area (Å²) in [5.41, 5.74) is 0. The van der Waals surface area contributed by atoms with Gasteiger partial charge in [-0.15, -0.1) is 0 Å². The van der Waals surface area contributed by atoms with Gasteiger partial charge in [-0.3, -0.25) is 0 Å². The van der Waals surface area contributed by atoms with Crippen LogP contribution in [0.3, 0.4) is 0 Å². The molecule has 0 aliphatic rings. The molecule has 0 radical (unpaired) electrons. The summed E-state index contributed by atoms with van der Waals surface area (Å²) in [5.74, 6) is 0.781. The van der Waals surface area contributed by atoms with Crippen LogP contribution in [0.15, 0.2) is 0 Å². The van der Waals surface area contributed by atoms with Crippen molar-refractivity contribution in [1.29, 1.82) is 0 Å². The molecular weight excluding hydrogens is 190 g/mol. The molecule has 0 bridgehead atoms. The highest BCUT2D eigenvalue weighted by Gasteiger charge is 2.11. The van der Waals surface area contributed by atoms with E-state index in [9.17, 15) is 0 Å². The molecule has 15 heavy (non-hydrogen) atoms. The maximum Gasteiger partial charge on any atom is 0.0700 e. The molecule has 0 aliphatic heterocycles. The third-order valence-corrected chi connectivity index (χ3v) is 2.90. The summed E-state index contributed by atoms with van der Waals surface area (Å²) in [4.78, 5) is 0. The molecule has 92 valence electrons. The Morgan fingerprint density at radius 2 is 1.73 bits per heavy atom. The molecule has 0 heterocycles. The summed E-state index contributed by atoms with van der Waals surface area (Å²) >= 11 is 0. The van der Waals surface area contributed by atoms with Crippen LogP contribution in [0.4, 0.5) is 0 Å². The summed E-state index contributed by atoms with van der Waals surface area (Å²) in [5, 5.41) is 3.50. The topological polar surface area (TPSA) is 30.5 Å². The SMILES string of the molecule is CCC(CC)C(C)NCCOCCOC. The number of rotatable bonds is 10. The second kappa shape index (κ2) is 10.4. The molecule has 0 saturated heterocycles. The highest BCUT2D eigenvalue weighted by Crippen LogP contribution is 2.11. The Bertz CT molecular complexity index is 127. The largest absolute Gasteiger partial charge is 0.382 e. The third kappa shape index (κ3) is 7.77. The molecule has 0 saturated carbocycles. The molecule has 1 atom stereocenters. The molecule has 0 amide bonds. The van der Waals surface area contributed by atoms with E-state index in [1.165, 1.54) is 12.8 Å². The third-order valence-electron chi connectivity index (χ3n) is 2.90. The van der Waals surface area contributed by atoms with Gasteiger partial charge in [-0.25, -0.2) is 0 Å². The average molecular weight is 217 g/mol. The lowest BCUT2D eigenvalue weighted by molar-refractivity contribution is 0.0704. The zero-order valence-corrected chi connectivity index (χ0v) is 10.7. The maximum absolute atomic E-state index is 5.38. The predicted molar refractivity (Wildman–Crippen MR) is 64.2 cm³/mol. The fourth-order valence-corrected chi connectivity index (χ4v) is 1.77. The van der Waals surface area contributed by atoms with E-state index < -0.39 is 0 Å². The van der Waals surface area contributed by atoms with Gasteiger partial charge in [-0.05, 0) is 12.8 Å². The lowest BCUT2D eigenvalue weighted by atomic mass is 9.96. The van der Waals surface area contributed by atoms with Crippen molar-refractivity contribution < 1.29 is 9.47 Å². The average Bonchev–Trinajstić information content (AvgIpc) is 2.25. The van der Waals surface area contributed by atoms with Crippen LogP contribution < -0.4 is 5.32 Å². The van der Waals surface area contributed by atoms with E-state index >= 15 is 0 Å². The summed E-state index contributed by atoms with van der Waals surface area (Å²) in [6.45, 7) is 9.84. The van der Waals surface area contributed by atoms with Gasteiger partial charge in [-0.1, -0.05) is 26.7 Å². The van der Waals surface area contributed by atoms with E-state index in [0.717, 1.165) is 19.1 Å². The molecule has 0 aromatic rings. The maximum atomic E-state index is 5.38. The summed E-state index contributed by atoms with van der Waals surface area (Å²) in [6, 6.07) is 0.589. The monoisotopic (exact) mass is 217 g/mol. The standard InChI is InChI=1S/C12H27NO2/c1-5-12(6-2)11(3)13-7-8-15-10-9-14-4/h11-13H,5-10H2,1-4H3. The molecule has 1 N–H and O–H groups in total. The molecule has 0 rings (SSSR count). The van der Waals surface area contributed by atoms with Crippen LogP contribution in [0.5, 0.6) is 0 Å². The fourth-order valence-electron chi connectivity index (χ4n) is 1.77. The van der Waals surface area contributed by atoms with Crippen molar-refractivity contribution in [1.82, 2.24) is 5.32 Å². The first-order chi connectivity index (χ1) is 7.26. The van der Waals surface area contributed by atoms with Gasteiger partial charge in [0.05, 0.1) is 19.8 Å². The molecule has 3 heteroatoms. The van der Waals surface area contributed by atoms with Crippen LogP contribution >= 0.6 is 0 Å². The number of hydrogen-bond donors (Lipinski definition) is 1. The number of nitrogens with one attached hydrogen (secondary N) is 1. The Morgan fingerprint density at radius 1 is 1.07 bits per heavy atom. The van der Waals surface area contributed by atoms with Crippen LogP contribution in [-0.2, 0) is 9.47 Å². The summed E-state index contributed by atoms with van der Waals surface area (Å²) in [6.07, 6.45) is 2.49. The zero-order chi connectivity index (χ0) is 11.5. The second-order valence-electron chi connectivity index (χ2n) is 3.92. The quantitative estimate of drug-likeness (QED) is 0.568. The lowest BCUT2D eigenvalue weighted by Gasteiger charge is -2.22. The van der Waals surface area contributed by atoms with Crippen molar-refractivity contribution in [2.45, 2.75) is 39.7 Å². The van der Waals surface area contributed by atoms with Gasteiger partial charge in [0, 0.05) is 19.7 Å². The minimum Gasteiger partial charge on any atom is -0.382 e. The minimum atomic E-state index is 0.589. The van der Waals surface area contributed by atoms with E-state index in [-0.39, 0.29) is 0 Å². The normalized spacial score (nSPS) is 13.4. The van der Waals surface area contributed by atoms with Gasteiger partial charge in [0.15, 0.2) is 0 Å². The first-order valence-corrected chi connectivity index (χ1v) is 6.06. The fraction of sp³-hybridized carbons (Fsp3) is 1.00. The predicted octanol–water partition coefficient (Wildman–Crippen LogP) is 2.06. The van der Waals surface area contributed by atoms with E-state index in [4.69, 9.17) is 9.47 Å². The zero-order valence-electron chi connectivity index (χ0n) is 10.7. The van der Waals surface area contributed by atoms with Crippen molar-refractivity contribution in [3.8, 4) is 0 Å². The van der Waals surface area contributed by atoms with Crippen LogP contribution in [0.1, 0.15) is 33.6 Å². The van der Waals surface area contributed by atoms with E-state index in [0.29, 0.717) is 19.3 Å². The molecule has 0 fully saturated rings. The minimum absolute atomic E-state index is 0.589. The van der Waals surface area contributed by atoms with Gasteiger partial charge >= 0.3 is 0 Å².